The number of nitrogens with one attached hydrogen (secondary N) is 2. The van der Waals surface area contributed by atoms with Crippen LogP contribution in [0.3, 0.4) is 0 Å². The molecule has 0 atom stereocenters. The van der Waals surface area contributed by atoms with E-state index in [0.29, 0.717) is 30.3 Å². The molecule has 0 bridgehead atoms. The fourth-order valence-electron chi connectivity index (χ4n) is 1.86. The van der Waals surface area contributed by atoms with Crippen LogP contribution in [0.2, 0.25) is 0 Å². The van der Waals surface area contributed by atoms with Gasteiger partial charge in [-0.3, -0.25) is 0 Å². The van der Waals surface area contributed by atoms with Gasteiger partial charge in [-0.05, 0) is 18.6 Å². The van der Waals surface area contributed by atoms with E-state index in [0.717, 1.165) is 19.2 Å². The fourth-order valence-corrected chi connectivity index (χ4v) is 2.34. The van der Waals surface area contributed by atoms with Crippen LogP contribution in [0.4, 0.5) is 5.82 Å². The molecule has 9 nitrogen and oxygen atoms in total. The molecule has 2 N–H and O–H groups in total. The van der Waals surface area contributed by atoms with Gasteiger partial charge in [0.1, 0.15) is 5.82 Å². The van der Waals surface area contributed by atoms with Crippen LogP contribution < -0.4 is 10.0 Å². The molecule has 0 aliphatic rings. The van der Waals surface area contributed by atoms with Gasteiger partial charge in [0, 0.05) is 33.2 Å². The van der Waals surface area contributed by atoms with E-state index in [9.17, 15) is 8.42 Å². The van der Waals surface area contributed by atoms with Crippen molar-refractivity contribution in [2.75, 3.05) is 38.4 Å². The van der Waals surface area contributed by atoms with Gasteiger partial charge in [-0.1, -0.05) is 0 Å². The smallest absolute Gasteiger partial charge is 0.208 e. The lowest BCUT2D eigenvalue weighted by Crippen LogP contribution is -2.25. The minimum atomic E-state index is -3.21. The summed E-state index contributed by atoms with van der Waals surface area (Å²) in [4.78, 5) is 0. The summed E-state index contributed by atoms with van der Waals surface area (Å²) in [6.45, 7) is 1.69. The van der Waals surface area contributed by atoms with Crippen molar-refractivity contribution in [2.45, 2.75) is 12.8 Å². The van der Waals surface area contributed by atoms with Crippen LogP contribution in [0.25, 0.3) is 5.65 Å². The number of sulfonamides is 1. The summed E-state index contributed by atoms with van der Waals surface area (Å²) >= 11 is 0. The van der Waals surface area contributed by atoms with Crippen LogP contribution in [-0.4, -0.2) is 61.3 Å². The molecule has 0 amide bonds. The first-order valence-electron chi connectivity index (χ1n) is 6.88. The second-order valence-electron chi connectivity index (χ2n) is 4.79. The summed E-state index contributed by atoms with van der Waals surface area (Å²) < 4.78 is 31.1. The van der Waals surface area contributed by atoms with Crippen molar-refractivity contribution in [3.63, 3.8) is 0 Å². The molecule has 2 aromatic heterocycles. The highest BCUT2D eigenvalue weighted by Crippen LogP contribution is 2.07. The number of anilines is 1. The number of hydrogen-bond donors (Lipinski definition) is 2. The average Bonchev–Trinajstić information content (AvgIpc) is 2.85. The third-order valence-electron chi connectivity index (χ3n) is 2.87. The topological polar surface area (TPSA) is 111 Å². The summed E-state index contributed by atoms with van der Waals surface area (Å²) in [5, 5.41) is 15.6. The van der Waals surface area contributed by atoms with Gasteiger partial charge >= 0.3 is 0 Å². The molecule has 0 aliphatic carbocycles. The Labute approximate surface area is 129 Å². The Morgan fingerprint density at radius 1 is 1.27 bits per heavy atom. The maximum atomic E-state index is 11.1. The first kappa shape index (κ1) is 16.6. The first-order chi connectivity index (χ1) is 10.5. The van der Waals surface area contributed by atoms with Crippen LogP contribution in [0.15, 0.2) is 12.1 Å². The summed E-state index contributed by atoms with van der Waals surface area (Å²) in [7, 11) is -1.54. The van der Waals surface area contributed by atoms with Crippen molar-refractivity contribution in [2.24, 2.45) is 0 Å². The number of fused-ring (bicyclic) bond motifs is 1. The number of rotatable bonds is 9. The summed E-state index contributed by atoms with van der Waals surface area (Å²) in [6, 6.07) is 3.64. The third-order valence-corrected chi connectivity index (χ3v) is 3.60. The zero-order valence-electron chi connectivity index (χ0n) is 12.6. The third kappa shape index (κ3) is 4.90. The molecule has 2 heterocycles. The van der Waals surface area contributed by atoms with E-state index in [1.807, 2.05) is 12.1 Å². The largest absolute Gasteiger partial charge is 0.385 e. The Morgan fingerprint density at radius 3 is 2.82 bits per heavy atom. The van der Waals surface area contributed by atoms with E-state index in [-0.39, 0.29) is 6.54 Å². The van der Waals surface area contributed by atoms with E-state index in [1.165, 1.54) is 0 Å². The molecule has 22 heavy (non-hydrogen) atoms. The number of nitrogens with zero attached hydrogens (tertiary/aromatic N) is 4. The molecule has 10 heteroatoms. The van der Waals surface area contributed by atoms with Gasteiger partial charge in [-0.15, -0.1) is 15.3 Å². The van der Waals surface area contributed by atoms with Gasteiger partial charge in [0.05, 0.1) is 6.26 Å². The summed E-state index contributed by atoms with van der Waals surface area (Å²) in [5.41, 5.74) is 0.622. The van der Waals surface area contributed by atoms with Crippen LogP contribution in [0.5, 0.6) is 0 Å². The minimum absolute atomic E-state index is 0.257. The zero-order chi connectivity index (χ0) is 16.0. The molecular weight excluding hydrogens is 308 g/mol. The van der Waals surface area contributed by atoms with Crippen molar-refractivity contribution < 1.29 is 13.2 Å². The molecule has 0 aromatic carbocycles. The van der Waals surface area contributed by atoms with Crippen molar-refractivity contribution in [1.82, 2.24) is 24.5 Å². The Morgan fingerprint density at radius 2 is 2.09 bits per heavy atom. The number of hydrogen-bond acceptors (Lipinski definition) is 7. The Bertz CT molecular complexity index is 715. The van der Waals surface area contributed by atoms with Gasteiger partial charge in [0.25, 0.3) is 0 Å². The molecule has 122 valence electrons. The monoisotopic (exact) mass is 328 g/mol. The van der Waals surface area contributed by atoms with E-state index in [2.05, 4.69) is 25.3 Å². The molecular formula is C12H20N6O3S. The van der Waals surface area contributed by atoms with E-state index in [4.69, 9.17) is 4.74 Å². The van der Waals surface area contributed by atoms with E-state index in [1.54, 1.807) is 11.6 Å². The molecule has 0 fully saturated rings. The van der Waals surface area contributed by atoms with Crippen LogP contribution >= 0.6 is 0 Å². The van der Waals surface area contributed by atoms with Crippen molar-refractivity contribution in [3.05, 3.63) is 18.0 Å². The van der Waals surface area contributed by atoms with Gasteiger partial charge in [0.15, 0.2) is 11.5 Å². The van der Waals surface area contributed by atoms with Crippen molar-refractivity contribution >= 4 is 21.5 Å². The lowest BCUT2D eigenvalue weighted by atomic mass is 10.4. The summed E-state index contributed by atoms with van der Waals surface area (Å²) in [5.74, 6) is 1.31. The van der Waals surface area contributed by atoms with Crippen LogP contribution in [-0.2, 0) is 21.2 Å². The van der Waals surface area contributed by atoms with E-state index >= 15 is 0 Å². The molecule has 0 aliphatic heterocycles. The quantitative estimate of drug-likeness (QED) is 0.606. The molecule has 2 aromatic rings. The molecule has 0 radical (unpaired) electrons. The van der Waals surface area contributed by atoms with Gasteiger partial charge < -0.3 is 10.1 Å². The van der Waals surface area contributed by atoms with Crippen molar-refractivity contribution in [3.8, 4) is 0 Å². The highest BCUT2D eigenvalue weighted by molar-refractivity contribution is 7.88. The van der Waals surface area contributed by atoms with Gasteiger partial charge in [-0.2, -0.15) is 4.52 Å². The predicted molar refractivity (Wildman–Crippen MR) is 82.3 cm³/mol. The summed E-state index contributed by atoms with van der Waals surface area (Å²) in [6.07, 6.45) is 2.41. The highest BCUT2D eigenvalue weighted by Gasteiger charge is 2.08. The number of aromatic nitrogens is 4. The molecule has 0 saturated heterocycles. The molecule has 2 rings (SSSR count). The maximum Gasteiger partial charge on any atom is 0.208 e. The second-order valence-corrected chi connectivity index (χ2v) is 6.63. The van der Waals surface area contributed by atoms with E-state index < -0.39 is 10.0 Å². The fraction of sp³-hybridized carbons (Fsp3) is 0.583. The standard InChI is InChI=1S/C12H20N6O3S/c1-21-9-3-7-13-10-4-5-11-15-16-12(18(11)17-10)6-8-14-22(2,19)20/h4-5,14H,3,6-9H2,1-2H3,(H,13,17). The minimum Gasteiger partial charge on any atom is -0.385 e. The second kappa shape index (κ2) is 7.47. The molecule has 0 spiro atoms. The van der Waals surface area contributed by atoms with Crippen LogP contribution in [0, 0.1) is 0 Å². The lowest BCUT2D eigenvalue weighted by molar-refractivity contribution is 0.197. The molecule has 0 unspecified atom stereocenters. The van der Waals surface area contributed by atoms with Gasteiger partial charge in [0.2, 0.25) is 10.0 Å². The predicted octanol–water partition coefficient (Wildman–Crippen LogP) is -0.336. The Kier molecular flexibility index (Phi) is 5.63. The zero-order valence-corrected chi connectivity index (χ0v) is 13.4. The average molecular weight is 328 g/mol. The first-order valence-corrected chi connectivity index (χ1v) is 8.77. The van der Waals surface area contributed by atoms with Gasteiger partial charge in [-0.25, -0.2) is 13.1 Å². The molecule has 0 saturated carbocycles. The normalized spacial score (nSPS) is 11.9. The number of ether oxygens (including phenoxy) is 1. The number of methoxy groups -OCH3 is 1. The highest BCUT2D eigenvalue weighted by atomic mass is 32.2. The lowest BCUT2D eigenvalue weighted by Gasteiger charge is -2.06. The van der Waals surface area contributed by atoms with Crippen molar-refractivity contribution in [1.29, 1.82) is 0 Å². The Hall–Kier alpha value is -1.78. The Balaban J connectivity index is 2.02. The van der Waals surface area contributed by atoms with Crippen LogP contribution in [0.1, 0.15) is 12.2 Å². The SMILES string of the molecule is COCCCNc1ccc2nnc(CCNS(C)(=O)=O)n2n1. The maximum absolute atomic E-state index is 11.1.